The maximum absolute atomic E-state index is 14.1. The van der Waals surface area contributed by atoms with Crippen LogP contribution in [0.2, 0.25) is 0 Å². The molecule has 0 aromatic heterocycles. The largest absolute Gasteiger partial charge is 1.00 e. The summed E-state index contributed by atoms with van der Waals surface area (Å²) >= 11 is 0. The van der Waals surface area contributed by atoms with Crippen LogP contribution in [-0.4, -0.2) is 50.0 Å². The zero-order valence-electron chi connectivity index (χ0n) is 14.8. The minimum absolute atomic E-state index is 0. The molecule has 0 amide bonds. The van der Waals surface area contributed by atoms with Crippen molar-refractivity contribution >= 4 is 0 Å². The summed E-state index contributed by atoms with van der Waals surface area (Å²) in [5.41, 5.74) is 1.60. The lowest BCUT2D eigenvalue weighted by Gasteiger charge is -2.33. The van der Waals surface area contributed by atoms with Gasteiger partial charge in [0.15, 0.2) is 11.6 Å². The minimum atomic E-state index is -0.800. The zero-order valence-corrected chi connectivity index (χ0v) is 15.5. The molecule has 6 heteroatoms. The summed E-state index contributed by atoms with van der Waals surface area (Å²) in [7, 11) is 1.43. The maximum Gasteiger partial charge on any atom is 0.165 e. The molecule has 2 aromatic rings. The van der Waals surface area contributed by atoms with Gasteiger partial charge in [-0.2, -0.15) is 0 Å². The number of ether oxygens (including phenoxy) is 2. The molecule has 0 saturated carbocycles. The lowest BCUT2D eigenvalue weighted by Crippen LogP contribution is -3.00. The number of morpholine rings is 1. The highest BCUT2D eigenvalue weighted by Gasteiger charge is 2.26. The van der Waals surface area contributed by atoms with E-state index in [9.17, 15) is 9.50 Å². The fourth-order valence-corrected chi connectivity index (χ4v) is 3.25. The SMILES string of the molecule is COc1ccc(C(O)C(CN2CCOCC2)c2ccccc2)cc1F.[Cl-]. The second-order valence-electron chi connectivity index (χ2n) is 6.27. The fraction of sp³-hybridized carbons (Fsp3) is 0.400. The van der Waals surface area contributed by atoms with Gasteiger partial charge in [-0.15, -0.1) is 0 Å². The number of hydrogen-bond donors (Lipinski definition) is 1. The van der Waals surface area contributed by atoms with Gasteiger partial charge in [-0.1, -0.05) is 36.4 Å². The molecule has 1 heterocycles. The van der Waals surface area contributed by atoms with E-state index in [0.29, 0.717) is 25.3 Å². The Morgan fingerprint density at radius 2 is 1.81 bits per heavy atom. The van der Waals surface area contributed by atoms with Gasteiger partial charge in [0.2, 0.25) is 0 Å². The summed E-state index contributed by atoms with van der Waals surface area (Å²) in [6.07, 6.45) is -0.800. The number of nitrogens with zero attached hydrogens (tertiary/aromatic N) is 1. The van der Waals surface area contributed by atoms with Crippen LogP contribution < -0.4 is 17.1 Å². The summed E-state index contributed by atoms with van der Waals surface area (Å²) in [6.45, 7) is 3.78. The van der Waals surface area contributed by atoms with Crippen LogP contribution in [0.5, 0.6) is 5.75 Å². The molecular formula is C20H24ClFNO3-. The van der Waals surface area contributed by atoms with Gasteiger partial charge < -0.3 is 27.0 Å². The standard InChI is InChI=1S/C20H24FNO3.ClH/c1-24-19-8-7-16(13-18(19)21)20(23)17(15-5-3-2-4-6-15)14-22-9-11-25-12-10-22;/h2-8,13,17,20,23H,9-12,14H2,1H3;1H/p-1. The first-order valence-electron chi connectivity index (χ1n) is 8.55. The highest BCUT2D eigenvalue weighted by Crippen LogP contribution is 2.33. The molecule has 2 aromatic carbocycles. The van der Waals surface area contributed by atoms with E-state index in [1.807, 2.05) is 30.3 Å². The third kappa shape index (κ3) is 4.95. The third-order valence-electron chi connectivity index (χ3n) is 4.68. The van der Waals surface area contributed by atoms with Crippen molar-refractivity contribution in [2.24, 2.45) is 0 Å². The van der Waals surface area contributed by atoms with Crippen LogP contribution >= 0.6 is 0 Å². The summed E-state index contributed by atoms with van der Waals surface area (Å²) in [5, 5.41) is 11.0. The molecule has 1 aliphatic rings. The van der Waals surface area contributed by atoms with E-state index in [2.05, 4.69) is 4.90 Å². The van der Waals surface area contributed by atoms with Crippen LogP contribution in [0.1, 0.15) is 23.1 Å². The average Bonchev–Trinajstić information content (AvgIpc) is 2.67. The quantitative estimate of drug-likeness (QED) is 0.765. The van der Waals surface area contributed by atoms with Crippen LogP contribution in [-0.2, 0) is 4.74 Å². The van der Waals surface area contributed by atoms with Crippen LogP contribution in [0.3, 0.4) is 0 Å². The van der Waals surface area contributed by atoms with E-state index in [0.717, 1.165) is 18.7 Å². The Labute approximate surface area is 160 Å². The van der Waals surface area contributed by atoms with E-state index >= 15 is 0 Å². The van der Waals surface area contributed by atoms with Crippen LogP contribution in [0, 0.1) is 5.82 Å². The smallest absolute Gasteiger partial charge is 0.165 e. The van der Waals surface area contributed by atoms with E-state index in [4.69, 9.17) is 9.47 Å². The van der Waals surface area contributed by atoms with Gasteiger partial charge in [0.05, 0.1) is 26.4 Å². The molecule has 0 aliphatic carbocycles. The molecule has 0 spiro atoms. The number of halogens is 2. The summed E-state index contributed by atoms with van der Waals surface area (Å²) in [6, 6.07) is 14.5. The van der Waals surface area contributed by atoms with Crippen molar-refractivity contribution in [3.8, 4) is 5.75 Å². The first-order chi connectivity index (χ1) is 12.2. The monoisotopic (exact) mass is 380 g/mol. The highest BCUT2D eigenvalue weighted by molar-refractivity contribution is 5.33. The van der Waals surface area contributed by atoms with E-state index in [1.54, 1.807) is 12.1 Å². The molecule has 1 saturated heterocycles. The minimum Gasteiger partial charge on any atom is -1.00 e. The van der Waals surface area contributed by atoms with Crippen molar-refractivity contribution in [1.29, 1.82) is 0 Å². The molecule has 0 radical (unpaired) electrons. The van der Waals surface area contributed by atoms with Gasteiger partial charge in [-0.05, 0) is 23.3 Å². The molecule has 1 aliphatic heterocycles. The Morgan fingerprint density at radius 1 is 1.12 bits per heavy atom. The van der Waals surface area contributed by atoms with Crippen molar-refractivity contribution in [3.05, 3.63) is 65.5 Å². The fourth-order valence-electron chi connectivity index (χ4n) is 3.25. The first-order valence-corrected chi connectivity index (χ1v) is 8.55. The maximum atomic E-state index is 14.1. The Hall–Kier alpha value is -1.66. The lowest BCUT2D eigenvalue weighted by atomic mass is 9.88. The zero-order chi connectivity index (χ0) is 17.6. The topological polar surface area (TPSA) is 41.9 Å². The average molecular weight is 381 g/mol. The Kier molecular flexibility index (Phi) is 7.85. The van der Waals surface area contributed by atoms with Crippen molar-refractivity contribution in [3.63, 3.8) is 0 Å². The van der Waals surface area contributed by atoms with Crippen molar-refractivity contribution in [2.45, 2.75) is 12.0 Å². The first kappa shape index (κ1) is 20.6. The molecule has 26 heavy (non-hydrogen) atoms. The molecule has 1 N–H and O–H groups in total. The Morgan fingerprint density at radius 3 is 2.42 bits per heavy atom. The summed E-state index contributed by atoms with van der Waals surface area (Å²) in [5.74, 6) is -0.426. The van der Waals surface area contributed by atoms with Crippen molar-refractivity contribution < 1.29 is 31.4 Å². The van der Waals surface area contributed by atoms with Crippen LogP contribution in [0.15, 0.2) is 48.5 Å². The van der Waals surface area contributed by atoms with Gasteiger partial charge in [0.1, 0.15) is 0 Å². The molecule has 0 bridgehead atoms. The molecule has 2 atom stereocenters. The molecular weight excluding hydrogens is 357 g/mol. The summed E-state index contributed by atoms with van der Waals surface area (Å²) in [4.78, 5) is 2.28. The molecule has 4 nitrogen and oxygen atoms in total. The predicted octanol–water partition coefficient (Wildman–Crippen LogP) is -0.0123. The number of methoxy groups -OCH3 is 1. The second kappa shape index (κ2) is 9.88. The van der Waals surface area contributed by atoms with Crippen LogP contribution in [0.4, 0.5) is 4.39 Å². The second-order valence-corrected chi connectivity index (χ2v) is 6.27. The number of benzene rings is 2. The van der Waals surface area contributed by atoms with Gasteiger partial charge in [0, 0.05) is 25.6 Å². The Bertz CT molecular complexity index is 680. The van der Waals surface area contributed by atoms with E-state index < -0.39 is 11.9 Å². The molecule has 1 fully saturated rings. The highest BCUT2D eigenvalue weighted by atomic mass is 35.5. The predicted molar refractivity (Wildman–Crippen MR) is 94.4 cm³/mol. The van der Waals surface area contributed by atoms with E-state index in [1.165, 1.54) is 13.2 Å². The Balaban J connectivity index is 0.00000243. The molecule has 3 rings (SSSR count). The molecule has 2 unspecified atom stereocenters. The van der Waals surface area contributed by atoms with Gasteiger partial charge in [-0.3, -0.25) is 4.90 Å². The number of rotatable bonds is 6. The summed E-state index contributed by atoms with van der Waals surface area (Å²) < 4.78 is 24.4. The normalized spacial score (nSPS) is 17.2. The van der Waals surface area contributed by atoms with Crippen LogP contribution in [0.25, 0.3) is 0 Å². The van der Waals surface area contributed by atoms with Gasteiger partial charge >= 0.3 is 0 Å². The molecule has 142 valence electrons. The lowest BCUT2D eigenvalue weighted by molar-refractivity contribution is -0.00000834. The van der Waals surface area contributed by atoms with E-state index in [-0.39, 0.29) is 24.1 Å². The third-order valence-corrected chi connectivity index (χ3v) is 4.68. The van der Waals surface area contributed by atoms with Gasteiger partial charge in [0.25, 0.3) is 0 Å². The van der Waals surface area contributed by atoms with Crippen molar-refractivity contribution in [1.82, 2.24) is 4.90 Å². The van der Waals surface area contributed by atoms with Crippen molar-refractivity contribution in [2.75, 3.05) is 40.0 Å². The number of aliphatic hydroxyl groups excluding tert-OH is 1. The number of aliphatic hydroxyl groups is 1. The number of hydrogen-bond acceptors (Lipinski definition) is 4. The van der Waals surface area contributed by atoms with Gasteiger partial charge in [-0.25, -0.2) is 4.39 Å².